The van der Waals surface area contributed by atoms with E-state index in [9.17, 15) is 4.39 Å². The lowest BCUT2D eigenvalue weighted by molar-refractivity contribution is -0.0808. The van der Waals surface area contributed by atoms with Gasteiger partial charge in [0.2, 0.25) is 5.88 Å². The fourth-order valence-electron chi connectivity index (χ4n) is 3.81. The summed E-state index contributed by atoms with van der Waals surface area (Å²) in [6.45, 7) is 1.66. The average Bonchev–Trinajstić information content (AvgIpc) is 3.26. The first-order valence-corrected chi connectivity index (χ1v) is 10.5. The first kappa shape index (κ1) is 19.0. The molecule has 162 valence electrons. The molecule has 2 aliphatic rings. The first-order valence-electron chi connectivity index (χ1n) is 10.5. The molecule has 0 atom stereocenters. The first-order chi connectivity index (χ1) is 15.7. The van der Waals surface area contributed by atoms with Crippen molar-refractivity contribution in [3.63, 3.8) is 0 Å². The molecule has 1 saturated heterocycles. The van der Waals surface area contributed by atoms with Crippen molar-refractivity contribution in [3.05, 3.63) is 60.4 Å². The highest BCUT2D eigenvalue weighted by atomic mass is 19.1. The smallest absolute Gasteiger partial charge is 0.216 e. The predicted octanol–water partition coefficient (Wildman–Crippen LogP) is 3.78. The molecule has 0 radical (unpaired) electrons. The molecule has 0 spiro atoms. The zero-order valence-corrected chi connectivity index (χ0v) is 17.1. The van der Waals surface area contributed by atoms with Gasteiger partial charge in [-0.25, -0.2) is 19.3 Å². The van der Waals surface area contributed by atoms with E-state index in [0.29, 0.717) is 42.9 Å². The van der Waals surface area contributed by atoms with Gasteiger partial charge in [0, 0.05) is 47.7 Å². The van der Waals surface area contributed by atoms with Crippen LogP contribution in [0.15, 0.2) is 49.1 Å². The normalized spacial score (nSPS) is 15.7. The van der Waals surface area contributed by atoms with Crippen LogP contribution in [0.5, 0.6) is 11.6 Å². The number of rotatable bonds is 5. The highest BCUT2D eigenvalue weighted by Gasteiger charge is 2.22. The van der Waals surface area contributed by atoms with E-state index in [1.807, 2.05) is 16.8 Å². The SMILES string of the molecule is Fc1cc(Nc2nc(-c3cnc4c(c3)CCCO4)cn3ccnc23)ccc1OC1COC1. The van der Waals surface area contributed by atoms with Gasteiger partial charge in [0.15, 0.2) is 23.0 Å². The van der Waals surface area contributed by atoms with E-state index in [1.54, 1.807) is 24.5 Å². The van der Waals surface area contributed by atoms with E-state index in [4.69, 9.17) is 19.2 Å². The van der Waals surface area contributed by atoms with Crippen LogP contribution in [0.4, 0.5) is 15.9 Å². The van der Waals surface area contributed by atoms with Crippen molar-refractivity contribution in [3.8, 4) is 22.9 Å². The number of hydrogen-bond donors (Lipinski definition) is 1. The Morgan fingerprint density at radius 3 is 2.97 bits per heavy atom. The zero-order valence-electron chi connectivity index (χ0n) is 17.1. The summed E-state index contributed by atoms with van der Waals surface area (Å²) in [5.41, 5.74) is 3.86. The van der Waals surface area contributed by atoms with E-state index in [2.05, 4.69) is 21.4 Å². The van der Waals surface area contributed by atoms with Crippen molar-refractivity contribution >= 4 is 17.2 Å². The second kappa shape index (κ2) is 7.76. The average molecular weight is 433 g/mol. The van der Waals surface area contributed by atoms with Gasteiger partial charge in [0.25, 0.3) is 0 Å². The van der Waals surface area contributed by atoms with Crippen molar-refractivity contribution in [2.24, 2.45) is 0 Å². The summed E-state index contributed by atoms with van der Waals surface area (Å²) in [7, 11) is 0. The van der Waals surface area contributed by atoms with E-state index in [-0.39, 0.29) is 11.9 Å². The Morgan fingerprint density at radius 2 is 2.12 bits per heavy atom. The Kier molecular flexibility index (Phi) is 4.61. The number of halogens is 1. The van der Waals surface area contributed by atoms with Crippen molar-refractivity contribution in [2.75, 3.05) is 25.1 Å². The van der Waals surface area contributed by atoms with Crippen molar-refractivity contribution < 1.29 is 18.6 Å². The Hall–Kier alpha value is -3.72. The number of aryl methyl sites for hydroxylation is 1. The molecule has 9 heteroatoms. The van der Waals surface area contributed by atoms with Crippen LogP contribution >= 0.6 is 0 Å². The van der Waals surface area contributed by atoms with Gasteiger partial charge in [0.05, 0.1) is 25.5 Å². The molecule has 3 aromatic heterocycles. The molecule has 32 heavy (non-hydrogen) atoms. The van der Waals surface area contributed by atoms with Crippen LogP contribution in [0.1, 0.15) is 12.0 Å². The van der Waals surface area contributed by atoms with Crippen LogP contribution in [-0.4, -0.2) is 45.3 Å². The predicted molar refractivity (Wildman–Crippen MR) is 115 cm³/mol. The van der Waals surface area contributed by atoms with Gasteiger partial charge in [-0.1, -0.05) is 0 Å². The highest BCUT2D eigenvalue weighted by molar-refractivity contribution is 5.74. The maximum atomic E-state index is 14.6. The summed E-state index contributed by atoms with van der Waals surface area (Å²) in [6, 6.07) is 6.81. The summed E-state index contributed by atoms with van der Waals surface area (Å²) in [5.74, 6) is 0.963. The number of pyridine rings is 1. The molecule has 0 amide bonds. The number of hydrogen-bond acceptors (Lipinski definition) is 7. The second-order valence-corrected chi connectivity index (χ2v) is 7.82. The van der Waals surface area contributed by atoms with Gasteiger partial charge >= 0.3 is 0 Å². The van der Waals surface area contributed by atoms with Crippen molar-refractivity contribution in [2.45, 2.75) is 18.9 Å². The number of imidazole rings is 1. The quantitative estimate of drug-likeness (QED) is 0.513. The second-order valence-electron chi connectivity index (χ2n) is 7.82. The lowest BCUT2D eigenvalue weighted by Crippen LogP contribution is -2.38. The zero-order chi connectivity index (χ0) is 21.5. The lowest BCUT2D eigenvalue weighted by Gasteiger charge is -2.26. The number of aromatic nitrogens is 4. The van der Waals surface area contributed by atoms with Gasteiger partial charge in [-0.3, -0.25) is 0 Å². The monoisotopic (exact) mass is 433 g/mol. The number of nitrogens with zero attached hydrogens (tertiary/aromatic N) is 4. The molecule has 1 fully saturated rings. The third kappa shape index (κ3) is 3.50. The van der Waals surface area contributed by atoms with Crippen molar-refractivity contribution in [1.29, 1.82) is 0 Å². The number of benzene rings is 1. The molecule has 6 rings (SSSR count). The van der Waals surface area contributed by atoms with Gasteiger partial charge in [-0.05, 0) is 31.0 Å². The molecular formula is C23H20FN5O3. The van der Waals surface area contributed by atoms with Crippen LogP contribution in [0.25, 0.3) is 16.9 Å². The molecule has 0 aliphatic carbocycles. The Balaban J connectivity index is 1.33. The van der Waals surface area contributed by atoms with Crippen LogP contribution in [0.3, 0.4) is 0 Å². The summed E-state index contributed by atoms with van der Waals surface area (Å²) < 4.78 is 32.7. The number of ether oxygens (including phenoxy) is 3. The summed E-state index contributed by atoms with van der Waals surface area (Å²) in [4.78, 5) is 13.6. The van der Waals surface area contributed by atoms with Gasteiger partial charge in [-0.15, -0.1) is 0 Å². The lowest BCUT2D eigenvalue weighted by atomic mass is 10.1. The van der Waals surface area contributed by atoms with Gasteiger partial charge < -0.3 is 23.9 Å². The van der Waals surface area contributed by atoms with Crippen LogP contribution < -0.4 is 14.8 Å². The van der Waals surface area contributed by atoms with Crippen LogP contribution in [0, 0.1) is 5.82 Å². The van der Waals surface area contributed by atoms with Crippen LogP contribution in [0.2, 0.25) is 0 Å². The Bertz CT molecular complexity index is 1300. The molecule has 4 aromatic rings. The Labute approximate surface area is 183 Å². The molecule has 1 aromatic carbocycles. The molecule has 8 nitrogen and oxygen atoms in total. The number of nitrogens with one attached hydrogen (secondary N) is 1. The van der Waals surface area contributed by atoms with E-state index < -0.39 is 5.82 Å². The molecule has 0 bridgehead atoms. The third-order valence-electron chi connectivity index (χ3n) is 5.52. The molecule has 0 unspecified atom stereocenters. The minimum atomic E-state index is -0.448. The topological polar surface area (TPSA) is 82.8 Å². The molecule has 2 aliphatic heterocycles. The molecular weight excluding hydrogens is 413 g/mol. The highest BCUT2D eigenvalue weighted by Crippen LogP contribution is 2.30. The van der Waals surface area contributed by atoms with Gasteiger partial charge in [0.1, 0.15) is 6.10 Å². The number of fused-ring (bicyclic) bond motifs is 2. The summed E-state index contributed by atoms with van der Waals surface area (Å²) in [6.07, 6.45) is 9.00. The summed E-state index contributed by atoms with van der Waals surface area (Å²) in [5, 5.41) is 3.20. The fourth-order valence-corrected chi connectivity index (χ4v) is 3.81. The minimum absolute atomic E-state index is 0.0955. The minimum Gasteiger partial charge on any atom is -0.483 e. The van der Waals surface area contributed by atoms with Crippen LogP contribution in [-0.2, 0) is 11.2 Å². The molecule has 5 heterocycles. The summed E-state index contributed by atoms with van der Waals surface area (Å²) >= 11 is 0. The third-order valence-corrected chi connectivity index (χ3v) is 5.52. The maximum Gasteiger partial charge on any atom is 0.216 e. The van der Waals surface area contributed by atoms with E-state index >= 15 is 0 Å². The Morgan fingerprint density at radius 1 is 1.19 bits per heavy atom. The van der Waals surface area contributed by atoms with Crippen molar-refractivity contribution in [1.82, 2.24) is 19.4 Å². The standard InChI is InChI=1S/C23H20FN5O3/c24-18-9-16(3-4-20(18)32-17-12-30-13-17)27-21-22-25-5-6-29(22)11-19(28-21)15-8-14-2-1-7-31-23(14)26-10-15/h3-6,8-11,17H,1-2,7,12-13H2,(H,27,28). The molecule has 0 saturated carbocycles. The molecule has 1 N–H and O–H groups in total. The number of anilines is 2. The fraction of sp³-hybridized carbons (Fsp3) is 0.261. The maximum absolute atomic E-state index is 14.6. The largest absolute Gasteiger partial charge is 0.483 e. The van der Waals surface area contributed by atoms with E-state index in [0.717, 1.165) is 29.7 Å². The van der Waals surface area contributed by atoms with Gasteiger partial charge in [-0.2, -0.15) is 0 Å². The van der Waals surface area contributed by atoms with E-state index in [1.165, 1.54) is 6.07 Å².